The summed E-state index contributed by atoms with van der Waals surface area (Å²) in [6.07, 6.45) is 5.95. The fourth-order valence-electron chi connectivity index (χ4n) is 3.29. The first-order valence-corrected chi connectivity index (χ1v) is 8.23. The first-order chi connectivity index (χ1) is 10.3. The summed E-state index contributed by atoms with van der Waals surface area (Å²) in [5.74, 6) is 1.87. The predicted octanol–water partition coefficient (Wildman–Crippen LogP) is 2.18. The Morgan fingerprint density at radius 1 is 1.24 bits per heavy atom. The first-order valence-electron chi connectivity index (χ1n) is 8.23. The number of morpholine rings is 1. The van der Waals surface area contributed by atoms with Gasteiger partial charge in [-0.3, -0.25) is 4.90 Å². The van der Waals surface area contributed by atoms with Crippen LogP contribution in [-0.2, 0) is 17.6 Å². The number of fused-ring (bicyclic) bond motifs is 1. The molecule has 2 aliphatic rings. The van der Waals surface area contributed by atoms with Crippen LogP contribution in [0.3, 0.4) is 0 Å². The van der Waals surface area contributed by atoms with Crippen LogP contribution in [0.15, 0.2) is 0 Å². The van der Waals surface area contributed by atoms with E-state index in [9.17, 15) is 0 Å². The zero-order valence-corrected chi connectivity index (χ0v) is 13.2. The van der Waals surface area contributed by atoms with Crippen molar-refractivity contribution in [2.45, 2.75) is 45.1 Å². The minimum atomic E-state index is 0.0133. The van der Waals surface area contributed by atoms with Gasteiger partial charge in [0, 0.05) is 31.4 Å². The molecule has 1 aliphatic carbocycles. The largest absolute Gasteiger partial charge is 0.373 e. The number of likely N-dealkylation sites (N-methyl/N-ethyl adjacent to an activating group) is 1. The maximum atomic E-state index is 5.92. The van der Waals surface area contributed by atoms with Gasteiger partial charge in [0.05, 0.1) is 6.61 Å². The first kappa shape index (κ1) is 14.7. The minimum Gasteiger partial charge on any atom is -0.373 e. The summed E-state index contributed by atoms with van der Waals surface area (Å²) in [6, 6.07) is 0. The molecule has 5 heteroatoms. The average molecular weight is 290 g/mol. The lowest BCUT2D eigenvalue weighted by Crippen LogP contribution is -2.38. The van der Waals surface area contributed by atoms with Crippen molar-refractivity contribution in [2.75, 3.05) is 38.6 Å². The predicted molar refractivity (Wildman–Crippen MR) is 83.6 cm³/mol. The molecule has 1 N–H and O–H groups in total. The van der Waals surface area contributed by atoms with E-state index in [-0.39, 0.29) is 6.10 Å². The van der Waals surface area contributed by atoms with Gasteiger partial charge in [0.1, 0.15) is 11.9 Å². The minimum absolute atomic E-state index is 0.0133. The monoisotopic (exact) mass is 290 g/mol. The highest BCUT2D eigenvalue weighted by Crippen LogP contribution is 2.28. The van der Waals surface area contributed by atoms with Crippen molar-refractivity contribution < 1.29 is 4.74 Å². The molecule has 2 heterocycles. The van der Waals surface area contributed by atoms with Crippen LogP contribution < -0.4 is 5.32 Å². The molecule has 1 saturated heterocycles. The van der Waals surface area contributed by atoms with E-state index in [1.54, 1.807) is 0 Å². The van der Waals surface area contributed by atoms with Gasteiger partial charge in [-0.2, -0.15) is 0 Å². The quantitative estimate of drug-likeness (QED) is 0.865. The molecule has 0 aromatic carbocycles. The van der Waals surface area contributed by atoms with Crippen LogP contribution in [0.5, 0.6) is 0 Å². The third kappa shape index (κ3) is 3.19. The molecule has 1 atom stereocenters. The van der Waals surface area contributed by atoms with E-state index < -0.39 is 0 Å². The van der Waals surface area contributed by atoms with Crippen LogP contribution in [0.2, 0.25) is 0 Å². The van der Waals surface area contributed by atoms with Crippen molar-refractivity contribution in [3.05, 3.63) is 17.1 Å². The molecule has 0 amide bonds. The van der Waals surface area contributed by atoms with E-state index in [0.717, 1.165) is 50.7 Å². The molecule has 0 radical (unpaired) electrons. The van der Waals surface area contributed by atoms with Crippen LogP contribution in [-0.4, -0.2) is 48.2 Å². The molecule has 1 fully saturated rings. The third-order valence-electron chi connectivity index (χ3n) is 4.57. The Morgan fingerprint density at radius 2 is 2.10 bits per heavy atom. The highest BCUT2D eigenvalue weighted by Gasteiger charge is 2.26. The maximum absolute atomic E-state index is 5.92. The van der Waals surface area contributed by atoms with Crippen molar-refractivity contribution in [1.82, 2.24) is 14.9 Å². The van der Waals surface area contributed by atoms with Gasteiger partial charge >= 0.3 is 0 Å². The van der Waals surface area contributed by atoms with Gasteiger partial charge in [-0.05, 0) is 32.2 Å². The van der Waals surface area contributed by atoms with Gasteiger partial charge in [0.2, 0.25) is 0 Å². The Bertz CT molecular complexity index is 491. The number of rotatable bonds is 3. The third-order valence-corrected chi connectivity index (χ3v) is 4.57. The standard InChI is InChI=1S/C16H26N4O/c1-3-20-9-10-21-14(11-20)16-18-13-8-6-4-5-7-12(13)15(17-2)19-16/h14H,3-11H2,1-2H3,(H,17,18,19). The topological polar surface area (TPSA) is 50.3 Å². The number of hydrogen-bond acceptors (Lipinski definition) is 5. The van der Waals surface area contributed by atoms with E-state index >= 15 is 0 Å². The van der Waals surface area contributed by atoms with E-state index in [0.29, 0.717) is 0 Å². The van der Waals surface area contributed by atoms with E-state index in [1.165, 1.54) is 30.5 Å². The lowest BCUT2D eigenvalue weighted by atomic mass is 10.1. The number of hydrogen-bond donors (Lipinski definition) is 1. The summed E-state index contributed by atoms with van der Waals surface area (Å²) in [5.41, 5.74) is 2.56. The van der Waals surface area contributed by atoms with Crippen molar-refractivity contribution in [1.29, 1.82) is 0 Å². The van der Waals surface area contributed by atoms with Gasteiger partial charge in [0.25, 0.3) is 0 Å². The Hall–Kier alpha value is -1.20. The summed E-state index contributed by atoms with van der Waals surface area (Å²) in [6.45, 7) is 5.94. The average Bonchev–Trinajstić information content (AvgIpc) is 2.79. The Labute approximate surface area is 127 Å². The second kappa shape index (κ2) is 6.71. The second-order valence-corrected chi connectivity index (χ2v) is 5.92. The van der Waals surface area contributed by atoms with Crippen LogP contribution >= 0.6 is 0 Å². The zero-order valence-electron chi connectivity index (χ0n) is 13.2. The van der Waals surface area contributed by atoms with Gasteiger partial charge in [0.15, 0.2) is 5.82 Å². The Kier molecular flexibility index (Phi) is 4.70. The number of nitrogens with zero attached hydrogens (tertiary/aromatic N) is 3. The molecule has 1 unspecified atom stereocenters. The van der Waals surface area contributed by atoms with Crippen molar-refractivity contribution in [3.63, 3.8) is 0 Å². The molecule has 1 aromatic heterocycles. The summed E-state index contributed by atoms with van der Waals surface area (Å²) < 4.78 is 5.92. The fourth-order valence-corrected chi connectivity index (χ4v) is 3.29. The molecular formula is C16H26N4O. The molecule has 116 valence electrons. The van der Waals surface area contributed by atoms with E-state index in [1.807, 2.05) is 7.05 Å². The van der Waals surface area contributed by atoms with Gasteiger partial charge in [-0.25, -0.2) is 9.97 Å². The normalized spacial score (nSPS) is 23.4. The summed E-state index contributed by atoms with van der Waals surface area (Å²) in [7, 11) is 1.96. The molecule has 21 heavy (non-hydrogen) atoms. The number of anilines is 1. The molecule has 3 rings (SSSR count). The molecule has 0 bridgehead atoms. The smallest absolute Gasteiger partial charge is 0.161 e. The maximum Gasteiger partial charge on any atom is 0.161 e. The van der Waals surface area contributed by atoms with Gasteiger partial charge < -0.3 is 10.1 Å². The lowest BCUT2D eigenvalue weighted by molar-refractivity contribution is -0.0326. The zero-order chi connectivity index (χ0) is 14.7. The van der Waals surface area contributed by atoms with Crippen molar-refractivity contribution >= 4 is 5.82 Å². The van der Waals surface area contributed by atoms with Crippen LogP contribution in [0, 0.1) is 0 Å². The Morgan fingerprint density at radius 3 is 2.90 bits per heavy atom. The van der Waals surface area contributed by atoms with E-state index in [4.69, 9.17) is 14.7 Å². The van der Waals surface area contributed by atoms with E-state index in [2.05, 4.69) is 17.1 Å². The lowest BCUT2D eigenvalue weighted by Gasteiger charge is -2.31. The summed E-state index contributed by atoms with van der Waals surface area (Å²) in [4.78, 5) is 12.0. The number of nitrogens with one attached hydrogen (secondary N) is 1. The molecule has 5 nitrogen and oxygen atoms in total. The summed E-state index contributed by atoms with van der Waals surface area (Å²) in [5, 5.41) is 3.27. The Balaban J connectivity index is 1.90. The molecule has 0 saturated carbocycles. The van der Waals surface area contributed by atoms with Crippen LogP contribution in [0.4, 0.5) is 5.82 Å². The van der Waals surface area contributed by atoms with Gasteiger partial charge in [-0.15, -0.1) is 0 Å². The number of aryl methyl sites for hydroxylation is 1. The SMILES string of the molecule is CCN1CCOC(c2nc3c(c(NC)n2)CCCCC3)C1. The molecule has 1 aromatic rings. The molecule has 0 spiro atoms. The van der Waals surface area contributed by atoms with Crippen LogP contribution in [0.25, 0.3) is 0 Å². The van der Waals surface area contributed by atoms with Crippen LogP contribution in [0.1, 0.15) is 49.4 Å². The summed E-state index contributed by atoms with van der Waals surface area (Å²) >= 11 is 0. The van der Waals surface area contributed by atoms with Crippen molar-refractivity contribution in [3.8, 4) is 0 Å². The number of ether oxygens (including phenoxy) is 1. The highest BCUT2D eigenvalue weighted by atomic mass is 16.5. The van der Waals surface area contributed by atoms with Gasteiger partial charge in [-0.1, -0.05) is 13.3 Å². The molecule has 1 aliphatic heterocycles. The number of aromatic nitrogens is 2. The molecular weight excluding hydrogens is 264 g/mol. The fraction of sp³-hybridized carbons (Fsp3) is 0.750. The van der Waals surface area contributed by atoms with Crippen molar-refractivity contribution in [2.24, 2.45) is 0 Å². The highest BCUT2D eigenvalue weighted by molar-refractivity contribution is 5.47. The second-order valence-electron chi connectivity index (χ2n) is 5.92.